The molecule has 2 unspecified atom stereocenters. The molecule has 3 N–H and O–H groups in total. The second kappa shape index (κ2) is 7.31. The second-order valence-electron chi connectivity index (χ2n) is 9.21. The zero-order valence-corrected chi connectivity index (χ0v) is 17.1. The van der Waals surface area contributed by atoms with Crippen LogP contribution >= 0.6 is 0 Å². The Hall–Kier alpha value is -2.09. The van der Waals surface area contributed by atoms with Crippen LogP contribution < -0.4 is 10.6 Å². The molecule has 1 aliphatic heterocycles. The molecule has 2 amide bonds. The van der Waals surface area contributed by atoms with Crippen LogP contribution in [-0.2, 0) is 19.1 Å². The number of esters is 2. The van der Waals surface area contributed by atoms with E-state index >= 15 is 0 Å². The predicted octanol–water partition coefficient (Wildman–Crippen LogP) is 1.77. The molecule has 0 aromatic rings. The summed E-state index contributed by atoms with van der Waals surface area (Å²) in [5, 5.41) is 16.2. The molecular formula is C21H30N2O6. The maximum atomic E-state index is 13.1. The van der Waals surface area contributed by atoms with E-state index in [0.29, 0.717) is 30.3 Å². The number of carbonyl (C=O) groups is 3. The molecule has 5 atom stereocenters. The minimum Gasteiger partial charge on any atom is -0.463 e. The number of hydrogen-bond donors (Lipinski definition) is 3. The van der Waals surface area contributed by atoms with Crippen LogP contribution in [0.1, 0.15) is 58.8 Å². The lowest BCUT2D eigenvalue weighted by molar-refractivity contribution is -0.195. The summed E-state index contributed by atoms with van der Waals surface area (Å²) >= 11 is 0. The van der Waals surface area contributed by atoms with E-state index in [9.17, 15) is 19.5 Å². The van der Waals surface area contributed by atoms with Gasteiger partial charge < -0.3 is 25.2 Å². The Morgan fingerprint density at radius 2 is 1.83 bits per heavy atom. The van der Waals surface area contributed by atoms with Gasteiger partial charge in [0.1, 0.15) is 6.61 Å². The normalized spacial score (nSPS) is 37.8. The molecule has 0 spiro atoms. The summed E-state index contributed by atoms with van der Waals surface area (Å²) in [5.74, 6) is -0.124. The number of carbonyl (C=O) groups excluding carboxylic acids is 3. The highest BCUT2D eigenvalue weighted by Gasteiger charge is 2.61. The number of hydrogen-bond acceptors (Lipinski definition) is 6. The summed E-state index contributed by atoms with van der Waals surface area (Å²) in [4.78, 5) is 37.6. The Labute approximate surface area is 170 Å². The molecule has 0 radical (unpaired) electrons. The van der Waals surface area contributed by atoms with Gasteiger partial charge in [-0.3, -0.25) is 4.79 Å². The lowest BCUT2D eigenvalue weighted by atomic mass is 9.48. The fourth-order valence-corrected chi connectivity index (χ4v) is 6.32. The van der Waals surface area contributed by atoms with Gasteiger partial charge >= 0.3 is 18.0 Å². The Morgan fingerprint density at radius 3 is 2.41 bits per heavy atom. The Bertz CT molecular complexity index is 746. The first kappa shape index (κ1) is 20.2. The number of urea groups is 1. The van der Waals surface area contributed by atoms with E-state index in [1.54, 1.807) is 6.92 Å². The molecule has 29 heavy (non-hydrogen) atoms. The van der Waals surface area contributed by atoms with E-state index in [0.717, 1.165) is 32.1 Å². The molecule has 4 saturated carbocycles. The number of rotatable bonds is 6. The van der Waals surface area contributed by atoms with Crippen molar-refractivity contribution in [2.45, 2.75) is 70.4 Å². The van der Waals surface area contributed by atoms with Gasteiger partial charge in [0.2, 0.25) is 0 Å². The van der Waals surface area contributed by atoms with Gasteiger partial charge in [-0.05, 0) is 63.7 Å². The number of aliphatic hydroxyl groups is 1. The van der Waals surface area contributed by atoms with Crippen molar-refractivity contribution in [1.29, 1.82) is 0 Å². The standard InChI is InChI=1S/C21H30N2O6/c1-3-14-16(17(24)28-4-2)15(23-19(26)22-14)10-29-18(25)20-6-12-5-13(7-20)9-21(27,8-12)11-20/h12-14,27H,3-11H2,1-2H3,(H2,22,23,26)/t12-,13+,14-,20?,21?/m1/s1. The van der Waals surface area contributed by atoms with E-state index < -0.39 is 29.1 Å². The van der Waals surface area contributed by atoms with E-state index in [2.05, 4.69) is 10.6 Å². The second-order valence-corrected chi connectivity index (χ2v) is 9.21. The molecule has 0 saturated heterocycles. The molecule has 0 aromatic heterocycles. The molecule has 160 valence electrons. The lowest BCUT2D eigenvalue weighted by Gasteiger charge is -2.58. The van der Waals surface area contributed by atoms with Crippen LogP contribution in [0, 0.1) is 17.3 Å². The number of nitrogens with one attached hydrogen (secondary N) is 2. The average molecular weight is 406 g/mol. The van der Waals surface area contributed by atoms with Crippen molar-refractivity contribution >= 4 is 18.0 Å². The molecule has 5 rings (SSSR count). The summed E-state index contributed by atoms with van der Waals surface area (Å²) in [6.07, 6.45) is 5.09. The Morgan fingerprint density at radius 1 is 1.14 bits per heavy atom. The maximum absolute atomic E-state index is 13.1. The highest BCUT2D eigenvalue weighted by molar-refractivity contribution is 5.95. The van der Waals surface area contributed by atoms with Crippen LogP contribution in [0.3, 0.4) is 0 Å². The lowest BCUT2D eigenvalue weighted by Crippen LogP contribution is -2.58. The van der Waals surface area contributed by atoms with E-state index in [-0.39, 0.29) is 24.9 Å². The third-order valence-corrected chi connectivity index (χ3v) is 6.96. The molecular weight excluding hydrogens is 376 g/mol. The molecule has 4 aliphatic carbocycles. The zero-order valence-electron chi connectivity index (χ0n) is 17.1. The van der Waals surface area contributed by atoms with Gasteiger partial charge in [0.25, 0.3) is 0 Å². The van der Waals surface area contributed by atoms with Gasteiger partial charge in [-0.1, -0.05) is 6.92 Å². The SMILES string of the molecule is CCOC(=O)C1=C(COC(=O)C23C[C@@H]4C[C@@H](CC(O)(C4)C2)C3)NC(=O)N[C@@H]1CC. The molecule has 5 aliphatic rings. The first-order valence-corrected chi connectivity index (χ1v) is 10.6. The van der Waals surface area contributed by atoms with Crippen LogP contribution in [0.25, 0.3) is 0 Å². The van der Waals surface area contributed by atoms with Crippen molar-refractivity contribution in [2.75, 3.05) is 13.2 Å². The van der Waals surface area contributed by atoms with Gasteiger partial charge in [-0.25, -0.2) is 9.59 Å². The summed E-state index contributed by atoms with van der Waals surface area (Å²) in [7, 11) is 0. The third-order valence-electron chi connectivity index (χ3n) is 6.96. The van der Waals surface area contributed by atoms with Gasteiger partial charge in [0.15, 0.2) is 0 Å². The van der Waals surface area contributed by atoms with Crippen molar-refractivity contribution in [1.82, 2.24) is 10.6 Å². The topological polar surface area (TPSA) is 114 Å². The van der Waals surface area contributed by atoms with Crippen LogP contribution in [0.15, 0.2) is 11.3 Å². The fourth-order valence-electron chi connectivity index (χ4n) is 6.32. The first-order chi connectivity index (χ1) is 13.8. The first-order valence-electron chi connectivity index (χ1n) is 10.6. The largest absolute Gasteiger partial charge is 0.463 e. The Balaban J connectivity index is 1.52. The van der Waals surface area contributed by atoms with Crippen LogP contribution in [0.5, 0.6) is 0 Å². The van der Waals surface area contributed by atoms with Crippen molar-refractivity contribution < 1.29 is 29.0 Å². The molecule has 0 aromatic carbocycles. The zero-order chi connectivity index (χ0) is 20.8. The quantitative estimate of drug-likeness (QED) is 0.579. The van der Waals surface area contributed by atoms with E-state index in [4.69, 9.17) is 9.47 Å². The Kier molecular flexibility index (Phi) is 5.09. The van der Waals surface area contributed by atoms with E-state index in [1.807, 2.05) is 6.92 Å². The highest BCUT2D eigenvalue weighted by atomic mass is 16.5. The third kappa shape index (κ3) is 3.63. The molecule has 4 bridgehead atoms. The van der Waals surface area contributed by atoms with Gasteiger partial charge in [-0.2, -0.15) is 0 Å². The average Bonchev–Trinajstić information content (AvgIpc) is 2.63. The van der Waals surface area contributed by atoms with Crippen LogP contribution in [0.4, 0.5) is 4.79 Å². The molecule has 1 heterocycles. The fraction of sp³-hybridized carbons (Fsp3) is 0.762. The summed E-state index contributed by atoms with van der Waals surface area (Å²) in [6, 6.07) is -0.920. The number of amides is 2. The number of ether oxygens (including phenoxy) is 2. The predicted molar refractivity (Wildman–Crippen MR) is 102 cm³/mol. The molecule has 4 fully saturated rings. The van der Waals surface area contributed by atoms with Gasteiger partial charge in [-0.15, -0.1) is 0 Å². The summed E-state index contributed by atoms with van der Waals surface area (Å²) < 4.78 is 10.8. The highest BCUT2D eigenvalue weighted by Crippen LogP contribution is 2.62. The monoisotopic (exact) mass is 406 g/mol. The van der Waals surface area contributed by atoms with Crippen molar-refractivity contribution in [3.63, 3.8) is 0 Å². The van der Waals surface area contributed by atoms with Crippen molar-refractivity contribution in [3.05, 3.63) is 11.3 Å². The van der Waals surface area contributed by atoms with Crippen molar-refractivity contribution in [2.24, 2.45) is 17.3 Å². The van der Waals surface area contributed by atoms with Gasteiger partial charge in [0, 0.05) is 0 Å². The summed E-state index contributed by atoms with van der Waals surface area (Å²) in [6.45, 7) is 3.59. The maximum Gasteiger partial charge on any atom is 0.338 e. The van der Waals surface area contributed by atoms with Crippen LogP contribution in [0.2, 0.25) is 0 Å². The minimum absolute atomic E-state index is 0.188. The van der Waals surface area contributed by atoms with E-state index in [1.165, 1.54) is 0 Å². The minimum atomic E-state index is -0.755. The molecule has 8 heteroatoms. The van der Waals surface area contributed by atoms with Crippen LogP contribution in [-0.4, -0.2) is 47.9 Å². The summed E-state index contributed by atoms with van der Waals surface area (Å²) in [5.41, 5.74) is -0.832. The van der Waals surface area contributed by atoms with Gasteiger partial charge in [0.05, 0.1) is 34.9 Å². The molecule has 8 nitrogen and oxygen atoms in total. The smallest absolute Gasteiger partial charge is 0.338 e. The van der Waals surface area contributed by atoms with Crippen molar-refractivity contribution in [3.8, 4) is 0 Å².